The normalized spacial score (nSPS) is 11.8. The van der Waals surface area contributed by atoms with Gasteiger partial charge in [0.05, 0.1) is 15.1 Å². The second-order valence-corrected chi connectivity index (χ2v) is 7.21. The molecule has 0 amide bonds. The molecule has 0 bridgehead atoms. The summed E-state index contributed by atoms with van der Waals surface area (Å²) in [6.45, 7) is -0.272. The van der Waals surface area contributed by atoms with Gasteiger partial charge in [0.2, 0.25) is 3.79 Å². The molecule has 0 aromatic heterocycles. The van der Waals surface area contributed by atoms with E-state index in [1.807, 2.05) is 0 Å². The molecule has 0 fully saturated rings. The zero-order valence-corrected chi connectivity index (χ0v) is 13.7. The molecule has 1 aromatic rings. The largest absolute Gasteiger partial charge is 0.486 e. The molecular formula is C8H2Cl8O. The second kappa shape index (κ2) is 6.19. The molecule has 0 aliphatic heterocycles. The first kappa shape index (κ1) is 16.4. The number of benzene rings is 1. The topological polar surface area (TPSA) is 9.23 Å². The van der Waals surface area contributed by atoms with Crippen molar-refractivity contribution >= 4 is 92.8 Å². The molecule has 1 rings (SSSR count). The SMILES string of the molecule is Clc1c(Cl)c(Cl)c(OCC(Cl)(Cl)Cl)c(Cl)c1Cl. The van der Waals surface area contributed by atoms with Crippen molar-refractivity contribution in [2.24, 2.45) is 0 Å². The average molecular weight is 398 g/mol. The van der Waals surface area contributed by atoms with Gasteiger partial charge in [0.15, 0.2) is 5.75 Å². The maximum atomic E-state index is 5.89. The fraction of sp³-hybridized carbons (Fsp3) is 0.250. The lowest BCUT2D eigenvalue weighted by Gasteiger charge is -2.16. The molecule has 17 heavy (non-hydrogen) atoms. The molecule has 0 aliphatic carbocycles. The highest BCUT2D eigenvalue weighted by Gasteiger charge is 2.25. The van der Waals surface area contributed by atoms with E-state index in [2.05, 4.69) is 0 Å². The van der Waals surface area contributed by atoms with Gasteiger partial charge in [-0.25, -0.2) is 0 Å². The summed E-state index contributed by atoms with van der Waals surface area (Å²) in [5, 5.41) is 0.0642. The summed E-state index contributed by atoms with van der Waals surface area (Å²) in [5.74, 6) is 0.0130. The molecule has 0 saturated heterocycles. The smallest absolute Gasteiger partial charge is 0.223 e. The van der Waals surface area contributed by atoms with Crippen LogP contribution in [0, 0.1) is 0 Å². The van der Waals surface area contributed by atoms with Gasteiger partial charge in [0.25, 0.3) is 0 Å². The first-order valence-electron chi connectivity index (χ1n) is 3.86. The first-order valence-corrected chi connectivity index (χ1v) is 6.88. The van der Waals surface area contributed by atoms with Gasteiger partial charge < -0.3 is 4.74 Å². The summed E-state index contributed by atoms with van der Waals surface area (Å²) in [4.78, 5) is 0. The molecule has 0 aliphatic rings. The summed E-state index contributed by atoms with van der Waals surface area (Å²) in [6.07, 6.45) is 0. The Morgan fingerprint density at radius 3 is 1.41 bits per heavy atom. The van der Waals surface area contributed by atoms with E-state index in [4.69, 9.17) is 97.5 Å². The molecule has 0 spiro atoms. The van der Waals surface area contributed by atoms with Gasteiger partial charge in [0.1, 0.15) is 16.7 Å². The number of alkyl halides is 3. The maximum absolute atomic E-state index is 5.89. The highest BCUT2D eigenvalue weighted by Crippen LogP contribution is 2.48. The van der Waals surface area contributed by atoms with E-state index in [9.17, 15) is 0 Å². The maximum Gasteiger partial charge on any atom is 0.223 e. The molecule has 0 unspecified atom stereocenters. The Morgan fingerprint density at radius 2 is 1.06 bits per heavy atom. The lowest BCUT2D eigenvalue weighted by atomic mass is 10.3. The number of halogens is 8. The Kier molecular flexibility index (Phi) is 5.97. The van der Waals surface area contributed by atoms with Crippen LogP contribution < -0.4 is 4.74 Å². The van der Waals surface area contributed by atoms with E-state index in [1.54, 1.807) is 0 Å². The molecule has 0 heterocycles. The highest BCUT2D eigenvalue weighted by atomic mass is 35.6. The van der Waals surface area contributed by atoms with Crippen LogP contribution in [0.5, 0.6) is 5.75 Å². The van der Waals surface area contributed by atoms with Crippen LogP contribution in [-0.2, 0) is 0 Å². The van der Waals surface area contributed by atoms with Crippen molar-refractivity contribution in [1.82, 2.24) is 0 Å². The lowest BCUT2D eigenvalue weighted by molar-refractivity contribution is 0.326. The van der Waals surface area contributed by atoms with E-state index in [-0.39, 0.29) is 37.5 Å². The molecule has 1 nitrogen and oxygen atoms in total. The van der Waals surface area contributed by atoms with Crippen LogP contribution in [-0.4, -0.2) is 10.4 Å². The van der Waals surface area contributed by atoms with Crippen LogP contribution in [0.4, 0.5) is 0 Å². The van der Waals surface area contributed by atoms with Crippen LogP contribution in [0.25, 0.3) is 0 Å². The summed E-state index contributed by atoms with van der Waals surface area (Å²) in [7, 11) is 0. The van der Waals surface area contributed by atoms with Gasteiger partial charge in [-0.3, -0.25) is 0 Å². The number of hydrogen-bond acceptors (Lipinski definition) is 1. The third-order valence-electron chi connectivity index (χ3n) is 1.55. The molecular weight excluding hydrogens is 396 g/mol. The number of hydrogen-bond donors (Lipinski definition) is 0. The van der Waals surface area contributed by atoms with E-state index < -0.39 is 3.79 Å². The quantitative estimate of drug-likeness (QED) is 0.306. The van der Waals surface area contributed by atoms with E-state index >= 15 is 0 Å². The third kappa shape index (κ3) is 4.15. The highest BCUT2D eigenvalue weighted by molar-refractivity contribution is 6.67. The van der Waals surface area contributed by atoms with Crippen molar-refractivity contribution in [2.75, 3.05) is 6.61 Å². The van der Waals surface area contributed by atoms with Gasteiger partial charge in [-0.2, -0.15) is 0 Å². The number of rotatable bonds is 2. The van der Waals surface area contributed by atoms with Crippen LogP contribution in [0.3, 0.4) is 0 Å². The summed E-state index contributed by atoms with van der Waals surface area (Å²) < 4.78 is 3.54. The van der Waals surface area contributed by atoms with Crippen molar-refractivity contribution in [3.63, 3.8) is 0 Å². The zero-order valence-electron chi connectivity index (χ0n) is 7.64. The minimum atomic E-state index is -1.62. The standard InChI is InChI=1S/C8H2Cl8O/c9-2-3(10)5(12)7(6(13)4(2)11)17-1-8(14,15)16/h1H2. The Hall–Kier alpha value is 1.34. The monoisotopic (exact) mass is 394 g/mol. The molecule has 1 aromatic carbocycles. The van der Waals surface area contributed by atoms with Gasteiger partial charge in [-0.15, -0.1) is 0 Å². The Bertz CT molecular complexity index is 409. The predicted octanol–water partition coefficient (Wildman–Crippen LogP) is 6.70. The fourth-order valence-corrected chi connectivity index (χ4v) is 2.26. The molecule has 96 valence electrons. The Labute approximate surface area is 138 Å². The van der Waals surface area contributed by atoms with E-state index in [1.165, 1.54) is 0 Å². The fourth-order valence-electron chi connectivity index (χ4n) is 0.865. The van der Waals surface area contributed by atoms with Crippen molar-refractivity contribution in [3.8, 4) is 5.75 Å². The minimum absolute atomic E-state index is 0.000293. The van der Waals surface area contributed by atoms with Crippen LogP contribution in [0.2, 0.25) is 25.1 Å². The minimum Gasteiger partial charge on any atom is -0.486 e. The Balaban J connectivity index is 3.16. The summed E-state index contributed by atoms with van der Waals surface area (Å²) in [5.41, 5.74) is 0. The first-order chi connectivity index (χ1) is 7.65. The average Bonchev–Trinajstić information content (AvgIpc) is 2.22. The van der Waals surface area contributed by atoms with Crippen molar-refractivity contribution in [3.05, 3.63) is 25.1 Å². The van der Waals surface area contributed by atoms with Crippen LogP contribution in [0.1, 0.15) is 0 Å². The summed E-state index contributed by atoms with van der Waals surface area (Å²) in [6, 6.07) is 0. The Morgan fingerprint density at radius 1 is 0.706 bits per heavy atom. The number of ether oxygens (including phenoxy) is 1. The van der Waals surface area contributed by atoms with E-state index in [0.717, 1.165) is 0 Å². The van der Waals surface area contributed by atoms with Crippen molar-refractivity contribution < 1.29 is 4.74 Å². The predicted molar refractivity (Wildman–Crippen MR) is 77.3 cm³/mol. The molecule has 0 radical (unpaired) electrons. The van der Waals surface area contributed by atoms with Gasteiger partial charge in [-0.1, -0.05) is 92.8 Å². The second-order valence-electron chi connectivity index (χ2n) is 2.80. The molecule has 9 heteroatoms. The molecule has 0 N–H and O–H groups in total. The molecule has 0 saturated carbocycles. The molecule has 0 atom stereocenters. The zero-order chi connectivity index (χ0) is 13.4. The lowest BCUT2D eigenvalue weighted by Crippen LogP contribution is -2.15. The van der Waals surface area contributed by atoms with Gasteiger partial charge in [0, 0.05) is 0 Å². The van der Waals surface area contributed by atoms with Crippen molar-refractivity contribution in [1.29, 1.82) is 0 Å². The van der Waals surface area contributed by atoms with E-state index in [0.29, 0.717) is 0 Å². The van der Waals surface area contributed by atoms with Gasteiger partial charge in [-0.05, 0) is 0 Å². The van der Waals surface area contributed by atoms with Crippen LogP contribution in [0.15, 0.2) is 0 Å². The van der Waals surface area contributed by atoms with Crippen molar-refractivity contribution in [2.45, 2.75) is 3.79 Å². The summed E-state index contributed by atoms with van der Waals surface area (Å²) >= 11 is 45.8. The van der Waals surface area contributed by atoms with Crippen LogP contribution >= 0.6 is 92.8 Å². The third-order valence-corrected chi connectivity index (χ3v) is 4.12. The van der Waals surface area contributed by atoms with Gasteiger partial charge >= 0.3 is 0 Å².